The average Bonchev–Trinajstić information content (AvgIpc) is 2.98. The third-order valence-corrected chi connectivity index (χ3v) is 4.61. The molecule has 4 rings (SSSR count). The monoisotopic (exact) mass is 392 g/mol. The Morgan fingerprint density at radius 1 is 1.32 bits per heavy atom. The third kappa shape index (κ3) is 3.65. The molecule has 140 valence electrons. The van der Waals surface area contributed by atoms with E-state index in [1.807, 2.05) is 24.3 Å². The van der Waals surface area contributed by atoms with Crippen LogP contribution in [-0.4, -0.2) is 27.1 Å². The van der Waals surface area contributed by atoms with Gasteiger partial charge in [0.1, 0.15) is 5.69 Å². The molecule has 28 heavy (non-hydrogen) atoms. The first-order chi connectivity index (χ1) is 13.5. The number of nitrogens with two attached hydrogens (primary N) is 1. The molecule has 0 radical (unpaired) electrons. The number of hydrogen-bond donors (Lipinski definition) is 3. The van der Waals surface area contributed by atoms with Gasteiger partial charge in [-0.2, -0.15) is 0 Å². The van der Waals surface area contributed by atoms with Crippen molar-refractivity contribution in [3.63, 3.8) is 0 Å². The number of halogens is 1. The van der Waals surface area contributed by atoms with Crippen LogP contribution >= 0.6 is 11.6 Å². The molecule has 0 spiro atoms. The van der Waals surface area contributed by atoms with Crippen LogP contribution in [0.2, 0.25) is 5.02 Å². The number of amides is 1. The zero-order valence-corrected chi connectivity index (χ0v) is 15.8. The minimum Gasteiger partial charge on any atom is -0.364 e. The molecule has 3 heterocycles. The summed E-state index contributed by atoms with van der Waals surface area (Å²) in [5.74, 6) is -0.122. The molecule has 1 amide bonds. The quantitative estimate of drug-likeness (QED) is 0.617. The molecule has 0 saturated carbocycles. The van der Waals surface area contributed by atoms with Gasteiger partial charge in [0, 0.05) is 23.5 Å². The van der Waals surface area contributed by atoms with Gasteiger partial charge in [-0.15, -0.1) is 0 Å². The standard InChI is InChI=1S/C20H17ClN6O/c1-11-2-3-15(23-6-4-11)16-5-7-24-20(27-16)25-13-8-12-9-17(19(22)28)26-18(12)14(21)10-13/h3-10,26H,2H2,1H3,(H2,22,28)(H,24,25,27). The summed E-state index contributed by atoms with van der Waals surface area (Å²) in [5, 5.41) is 4.37. The fraction of sp³-hybridized carbons (Fsp3) is 0.100. The second-order valence-corrected chi connectivity index (χ2v) is 6.85. The summed E-state index contributed by atoms with van der Waals surface area (Å²) in [7, 11) is 0. The van der Waals surface area contributed by atoms with Gasteiger partial charge in [0.15, 0.2) is 0 Å². The molecule has 7 nitrogen and oxygen atoms in total. The van der Waals surface area contributed by atoms with Crippen molar-refractivity contribution in [2.75, 3.05) is 5.32 Å². The van der Waals surface area contributed by atoms with Gasteiger partial charge in [0.05, 0.1) is 21.9 Å². The minimum atomic E-state index is -0.542. The highest BCUT2D eigenvalue weighted by Gasteiger charge is 2.11. The number of aliphatic imine (C=N–C) groups is 1. The molecular weight excluding hydrogens is 376 g/mol. The number of H-pyrrole nitrogens is 1. The number of hydrogen-bond acceptors (Lipinski definition) is 5. The normalized spacial score (nSPS) is 13.8. The molecule has 0 unspecified atom stereocenters. The second kappa shape index (κ2) is 7.28. The lowest BCUT2D eigenvalue weighted by Gasteiger charge is -2.08. The van der Waals surface area contributed by atoms with E-state index in [1.165, 1.54) is 5.57 Å². The van der Waals surface area contributed by atoms with Crippen molar-refractivity contribution in [3.05, 3.63) is 64.6 Å². The largest absolute Gasteiger partial charge is 0.364 e. The fourth-order valence-electron chi connectivity index (χ4n) is 2.89. The molecule has 0 aliphatic carbocycles. The average molecular weight is 393 g/mol. The number of nitrogens with one attached hydrogen (secondary N) is 2. The Labute approximate surface area is 166 Å². The molecule has 4 N–H and O–H groups in total. The van der Waals surface area contributed by atoms with E-state index < -0.39 is 5.91 Å². The summed E-state index contributed by atoms with van der Waals surface area (Å²) >= 11 is 6.33. The first-order valence-electron chi connectivity index (χ1n) is 8.62. The first-order valence-corrected chi connectivity index (χ1v) is 9.00. The Balaban J connectivity index is 1.64. The number of aromatic nitrogens is 3. The lowest BCUT2D eigenvalue weighted by molar-refractivity contribution is 0.0996. The van der Waals surface area contributed by atoms with Crippen molar-refractivity contribution < 1.29 is 4.79 Å². The number of benzene rings is 1. The van der Waals surface area contributed by atoms with Gasteiger partial charge in [-0.05, 0) is 43.7 Å². The second-order valence-electron chi connectivity index (χ2n) is 6.44. The molecule has 2 aromatic heterocycles. The number of fused-ring (bicyclic) bond motifs is 1. The molecule has 1 aromatic carbocycles. The number of primary amides is 1. The Morgan fingerprint density at radius 3 is 3.00 bits per heavy atom. The molecule has 0 saturated heterocycles. The number of rotatable bonds is 4. The number of nitrogens with zero attached hydrogens (tertiary/aromatic N) is 3. The van der Waals surface area contributed by atoms with Gasteiger partial charge in [-0.25, -0.2) is 9.97 Å². The van der Waals surface area contributed by atoms with E-state index in [4.69, 9.17) is 17.3 Å². The number of carbonyl (C=O) groups excluding carboxylic acids is 1. The predicted octanol–water partition coefficient (Wildman–Crippen LogP) is 4.22. The van der Waals surface area contributed by atoms with Crippen molar-refractivity contribution in [2.45, 2.75) is 13.3 Å². The summed E-state index contributed by atoms with van der Waals surface area (Å²) in [6.07, 6.45) is 8.30. The Morgan fingerprint density at radius 2 is 2.18 bits per heavy atom. The van der Waals surface area contributed by atoms with Crippen LogP contribution in [0.5, 0.6) is 0 Å². The SMILES string of the molecule is CC1=CC=NC(c2ccnc(Nc3cc(Cl)c4[nH]c(C(N)=O)cc4c3)n2)=CC1. The summed E-state index contributed by atoms with van der Waals surface area (Å²) in [6.45, 7) is 2.06. The minimum absolute atomic E-state index is 0.300. The van der Waals surface area contributed by atoms with Crippen molar-refractivity contribution >= 4 is 52.0 Å². The zero-order valence-electron chi connectivity index (χ0n) is 15.0. The summed E-state index contributed by atoms with van der Waals surface area (Å²) in [5.41, 5.74) is 9.72. The van der Waals surface area contributed by atoms with Crippen LogP contribution in [0.25, 0.3) is 16.6 Å². The molecule has 1 aliphatic heterocycles. The maximum Gasteiger partial charge on any atom is 0.265 e. The molecule has 0 fully saturated rings. The fourth-order valence-corrected chi connectivity index (χ4v) is 3.16. The molecule has 1 aliphatic rings. The van der Waals surface area contributed by atoms with E-state index in [0.29, 0.717) is 27.9 Å². The lowest BCUT2D eigenvalue weighted by Crippen LogP contribution is -2.10. The van der Waals surface area contributed by atoms with Gasteiger partial charge in [0.25, 0.3) is 5.91 Å². The Hall–Kier alpha value is -3.45. The lowest BCUT2D eigenvalue weighted by atomic mass is 10.2. The number of carbonyl (C=O) groups is 1. The molecule has 0 bridgehead atoms. The summed E-state index contributed by atoms with van der Waals surface area (Å²) < 4.78 is 0. The van der Waals surface area contributed by atoms with Crippen LogP contribution in [0.3, 0.4) is 0 Å². The van der Waals surface area contributed by atoms with Crippen LogP contribution < -0.4 is 11.1 Å². The highest BCUT2D eigenvalue weighted by atomic mass is 35.5. The van der Waals surface area contributed by atoms with E-state index in [1.54, 1.807) is 24.5 Å². The maximum atomic E-state index is 11.4. The van der Waals surface area contributed by atoms with Gasteiger partial charge < -0.3 is 16.0 Å². The van der Waals surface area contributed by atoms with E-state index in [-0.39, 0.29) is 0 Å². The van der Waals surface area contributed by atoms with Crippen molar-refractivity contribution in [1.29, 1.82) is 0 Å². The van der Waals surface area contributed by atoms with Crippen LogP contribution in [0.4, 0.5) is 11.6 Å². The number of anilines is 2. The van der Waals surface area contributed by atoms with Gasteiger partial charge in [-0.3, -0.25) is 9.79 Å². The van der Waals surface area contributed by atoms with Crippen LogP contribution in [-0.2, 0) is 0 Å². The molecular formula is C20H17ClN6O. The van der Waals surface area contributed by atoms with Crippen LogP contribution in [0.15, 0.2) is 53.2 Å². The molecule has 8 heteroatoms. The highest BCUT2D eigenvalue weighted by molar-refractivity contribution is 6.35. The highest BCUT2D eigenvalue weighted by Crippen LogP contribution is 2.29. The van der Waals surface area contributed by atoms with E-state index in [0.717, 1.165) is 23.2 Å². The van der Waals surface area contributed by atoms with Crippen molar-refractivity contribution in [1.82, 2.24) is 15.0 Å². The molecule has 0 atom stereocenters. The Bertz CT molecular complexity index is 1170. The zero-order chi connectivity index (χ0) is 19.7. The van der Waals surface area contributed by atoms with Crippen LogP contribution in [0, 0.1) is 0 Å². The number of allylic oxidation sites excluding steroid dienone is 3. The summed E-state index contributed by atoms with van der Waals surface area (Å²) in [6, 6.07) is 7.05. The van der Waals surface area contributed by atoms with Gasteiger partial charge >= 0.3 is 0 Å². The van der Waals surface area contributed by atoms with Gasteiger partial charge in [-0.1, -0.05) is 23.3 Å². The summed E-state index contributed by atoms with van der Waals surface area (Å²) in [4.78, 5) is 27.6. The smallest absolute Gasteiger partial charge is 0.265 e. The van der Waals surface area contributed by atoms with E-state index in [2.05, 4.69) is 32.2 Å². The van der Waals surface area contributed by atoms with Crippen molar-refractivity contribution in [3.8, 4) is 0 Å². The topological polar surface area (TPSA) is 109 Å². The van der Waals surface area contributed by atoms with E-state index >= 15 is 0 Å². The van der Waals surface area contributed by atoms with Gasteiger partial charge in [0.2, 0.25) is 5.95 Å². The van der Waals surface area contributed by atoms with Crippen LogP contribution in [0.1, 0.15) is 29.5 Å². The predicted molar refractivity (Wildman–Crippen MR) is 112 cm³/mol. The first kappa shape index (κ1) is 17.9. The number of aromatic amines is 1. The van der Waals surface area contributed by atoms with Crippen molar-refractivity contribution in [2.24, 2.45) is 10.7 Å². The molecule has 3 aromatic rings. The maximum absolute atomic E-state index is 11.4. The Kier molecular flexibility index (Phi) is 4.67. The third-order valence-electron chi connectivity index (χ3n) is 4.31. The van der Waals surface area contributed by atoms with E-state index in [9.17, 15) is 4.79 Å².